The Morgan fingerprint density at radius 3 is 2.57 bits per heavy atom. The van der Waals surface area contributed by atoms with E-state index >= 15 is 0 Å². The summed E-state index contributed by atoms with van der Waals surface area (Å²) in [4.78, 5) is 12.1. The van der Waals surface area contributed by atoms with E-state index in [1.165, 1.54) is 0 Å². The number of alkyl halides is 2. The van der Waals surface area contributed by atoms with Crippen LogP contribution in [-0.2, 0) is 11.3 Å². The quantitative estimate of drug-likeness (QED) is 0.928. The Morgan fingerprint density at radius 1 is 1.29 bits per heavy atom. The Hall–Kier alpha value is -1.53. The van der Waals surface area contributed by atoms with Gasteiger partial charge in [-0.25, -0.2) is 8.78 Å². The Balaban J connectivity index is 1.54. The second-order valence-corrected chi connectivity index (χ2v) is 6.11. The minimum Gasteiger partial charge on any atom is -0.349 e. The van der Waals surface area contributed by atoms with E-state index in [0.29, 0.717) is 12.6 Å². The number of aromatic nitrogens is 3. The van der Waals surface area contributed by atoms with Crippen LogP contribution in [0.15, 0.2) is 0 Å². The molecule has 1 N–H and O–H groups in total. The first kappa shape index (κ1) is 14.4. The molecule has 1 aromatic rings. The van der Waals surface area contributed by atoms with Gasteiger partial charge in [-0.05, 0) is 32.6 Å². The molecule has 0 aliphatic heterocycles. The summed E-state index contributed by atoms with van der Waals surface area (Å²) >= 11 is 0. The number of hydrogen-bond donors (Lipinski definition) is 1. The molecule has 5 nitrogen and oxygen atoms in total. The Kier molecular flexibility index (Phi) is 3.67. The highest BCUT2D eigenvalue weighted by molar-refractivity contribution is 5.78. The summed E-state index contributed by atoms with van der Waals surface area (Å²) in [6.07, 6.45) is 2.38. The lowest BCUT2D eigenvalue weighted by Gasteiger charge is -2.27. The number of hydrogen-bond acceptors (Lipinski definition) is 3. The highest BCUT2D eigenvalue weighted by atomic mass is 19.3. The zero-order chi connectivity index (χ0) is 15.0. The fraction of sp³-hybridized carbons (Fsp3) is 0.786. The van der Waals surface area contributed by atoms with Gasteiger partial charge in [0.05, 0.1) is 6.54 Å². The molecule has 0 radical (unpaired) electrons. The molecule has 3 rings (SSSR count). The molecule has 7 heteroatoms. The molecule has 2 fully saturated rings. The lowest BCUT2D eigenvalue weighted by Crippen LogP contribution is -2.36. The lowest BCUT2D eigenvalue weighted by molar-refractivity contribution is -0.129. The van der Waals surface area contributed by atoms with Gasteiger partial charge in [0, 0.05) is 24.8 Å². The number of nitrogens with one attached hydrogen (secondary N) is 1. The van der Waals surface area contributed by atoms with E-state index < -0.39 is 5.92 Å². The second kappa shape index (κ2) is 5.35. The molecule has 1 aromatic heterocycles. The molecular weight excluding hydrogens is 278 g/mol. The molecule has 1 amide bonds. The van der Waals surface area contributed by atoms with Gasteiger partial charge in [0.1, 0.15) is 5.82 Å². The molecule has 0 bridgehead atoms. The third-order valence-corrected chi connectivity index (χ3v) is 4.36. The van der Waals surface area contributed by atoms with Crippen LogP contribution in [0.2, 0.25) is 0 Å². The molecular formula is C14H20F2N4O. The number of rotatable bonds is 4. The van der Waals surface area contributed by atoms with Gasteiger partial charge < -0.3 is 9.88 Å². The molecule has 116 valence electrons. The average molecular weight is 298 g/mol. The van der Waals surface area contributed by atoms with Gasteiger partial charge in [-0.15, -0.1) is 10.2 Å². The number of nitrogens with zero attached hydrogens (tertiary/aromatic N) is 3. The molecule has 1 heterocycles. The van der Waals surface area contributed by atoms with Gasteiger partial charge >= 0.3 is 0 Å². The normalized spacial score (nSPS) is 22.2. The summed E-state index contributed by atoms with van der Waals surface area (Å²) in [5.74, 6) is -1.43. The van der Waals surface area contributed by atoms with E-state index in [4.69, 9.17) is 0 Å². The van der Waals surface area contributed by atoms with Crippen molar-refractivity contribution in [2.75, 3.05) is 0 Å². The van der Waals surface area contributed by atoms with Crippen molar-refractivity contribution in [3.8, 4) is 0 Å². The van der Waals surface area contributed by atoms with Crippen LogP contribution < -0.4 is 5.32 Å². The van der Waals surface area contributed by atoms with Gasteiger partial charge in [-0.3, -0.25) is 4.79 Å². The van der Waals surface area contributed by atoms with E-state index in [2.05, 4.69) is 20.1 Å². The van der Waals surface area contributed by atoms with Crippen LogP contribution in [0.5, 0.6) is 0 Å². The molecule has 0 unspecified atom stereocenters. The number of aryl methyl sites for hydroxylation is 1. The Morgan fingerprint density at radius 2 is 1.95 bits per heavy atom. The van der Waals surface area contributed by atoms with Crippen LogP contribution in [-0.4, -0.2) is 26.6 Å². The molecule has 0 aromatic carbocycles. The highest BCUT2D eigenvalue weighted by Gasteiger charge is 2.37. The maximum absolute atomic E-state index is 13.1. The van der Waals surface area contributed by atoms with Crippen molar-refractivity contribution in [1.29, 1.82) is 0 Å². The summed E-state index contributed by atoms with van der Waals surface area (Å²) in [5.41, 5.74) is 0. The first-order chi connectivity index (χ1) is 9.96. The van der Waals surface area contributed by atoms with E-state index in [1.807, 2.05) is 6.92 Å². The van der Waals surface area contributed by atoms with E-state index in [-0.39, 0.29) is 37.5 Å². The number of carbonyl (C=O) groups is 1. The fourth-order valence-electron chi connectivity index (χ4n) is 2.95. The zero-order valence-electron chi connectivity index (χ0n) is 12.1. The van der Waals surface area contributed by atoms with Crippen LogP contribution in [0, 0.1) is 12.8 Å². The highest BCUT2D eigenvalue weighted by Crippen LogP contribution is 2.37. The zero-order valence-corrected chi connectivity index (χ0v) is 12.1. The van der Waals surface area contributed by atoms with Gasteiger partial charge in [-0.2, -0.15) is 0 Å². The largest absolute Gasteiger partial charge is 0.349 e. The van der Waals surface area contributed by atoms with Crippen LogP contribution in [0.1, 0.15) is 56.2 Å². The van der Waals surface area contributed by atoms with Gasteiger partial charge in [-0.1, -0.05) is 0 Å². The van der Waals surface area contributed by atoms with Crippen molar-refractivity contribution in [2.24, 2.45) is 5.92 Å². The molecule has 2 saturated carbocycles. The van der Waals surface area contributed by atoms with Crippen LogP contribution in [0.3, 0.4) is 0 Å². The second-order valence-electron chi connectivity index (χ2n) is 6.11. The van der Waals surface area contributed by atoms with Crippen LogP contribution >= 0.6 is 0 Å². The van der Waals surface area contributed by atoms with E-state index in [9.17, 15) is 13.6 Å². The lowest BCUT2D eigenvalue weighted by atomic mass is 9.86. The van der Waals surface area contributed by atoms with Gasteiger partial charge in [0.2, 0.25) is 11.8 Å². The van der Waals surface area contributed by atoms with Crippen molar-refractivity contribution in [3.05, 3.63) is 11.6 Å². The summed E-state index contributed by atoms with van der Waals surface area (Å²) < 4.78 is 28.2. The Labute approximate surface area is 122 Å². The number of halogens is 2. The van der Waals surface area contributed by atoms with Gasteiger partial charge in [0.15, 0.2) is 5.82 Å². The monoisotopic (exact) mass is 298 g/mol. The standard InChI is InChI=1S/C14H20F2N4O/c1-9-18-19-12(20(9)11-2-3-11)8-17-13(21)10-4-6-14(15,16)7-5-10/h10-11H,2-8H2,1H3,(H,17,21). The third-order valence-electron chi connectivity index (χ3n) is 4.36. The SMILES string of the molecule is Cc1nnc(CNC(=O)C2CCC(F)(F)CC2)n1C1CC1. The fourth-order valence-corrected chi connectivity index (χ4v) is 2.95. The average Bonchev–Trinajstić information content (AvgIpc) is 3.20. The summed E-state index contributed by atoms with van der Waals surface area (Å²) in [6, 6.07) is 0.459. The van der Waals surface area contributed by atoms with E-state index in [0.717, 1.165) is 24.5 Å². The number of amides is 1. The smallest absolute Gasteiger partial charge is 0.248 e. The summed E-state index contributed by atoms with van der Waals surface area (Å²) in [7, 11) is 0. The predicted octanol–water partition coefficient (Wildman–Crippen LogP) is 2.36. The Bertz CT molecular complexity index is 529. The topological polar surface area (TPSA) is 59.8 Å². The van der Waals surface area contributed by atoms with Crippen molar-refractivity contribution in [3.63, 3.8) is 0 Å². The van der Waals surface area contributed by atoms with Crippen molar-refractivity contribution < 1.29 is 13.6 Å². The predicted molar refractivity (Wildman–Crippen MR) is 71.8 cm³/mol. The first-order valence-corrected chi connectivity index (χ1v) is 7.52. The third kappa shape index (κ3) is 3.22. The molecule has 0 spiro atoms. The molecule has 0 saturated heterocycles. The minimum absolute atomic E-state index is 0.145. The van der Waals surface area contributed by atoms with Crippen molar-refractivity contribution >= 4 is 5.91 Å². The molecule has 0 atom stereocenters. The molecule has 21 heavy (non-hydrogen) atoms. The van der Waals surface area contributed by atoms with Crippen LogP contribution in [0.4, 0.5) is 8.78 Å². The van der Waals surface area contributed by atoms with Crippen molar-refractivity contribution in [2.45, 2.75) is 64.0 Å². The maximum atomic E-state index is 13.1. The molecule has 2 aliphatic rings. The first-order valence-electron chi connectivity index (χ1n) is 7.52. The van der Waals surface area contributed by atoms with Crippen molar-refractivity contribution in [1.82, 2.24) is 20.1 Å². The maximum Gasteiger partial charge on any atom is 0.248 e. The summed E-state index contributed by atoms with van der Waals surface area (Å²) in [5, 5.41) is 11.0. The van der Waals surface area contributed by atoms with Gasteiger partial charge in [0.25, 0.3) is 0 Å². The molecule has 2 aliphatic carbocycles. The van der Waals surface area contributed by atoms with E-state index in [1.54, 1.807) is 0 Å². The van der Waals surface area contributed by atoms with Crippen LogP contribution in [0.25, 0.3) is 0 Å². The summed E-state index contributed by atoms with van der Waals surface area (Å²) in [6.45, 7) is 2.23. The number of carbonyl (C=O) groups excluding carboxylic acids is 1. The minimum atomic E-state index is -2.60.